The molecule has 122 valence electrons. The minimum absolute atomic E-state index is 0.0834. The van der Waals surface area contributed by atoms with E-state index in [1.807, 2.05) is 17.2 Å². The fraction of sp³-hybridized carbons (Fsp3) is 0.444. The molecule has 0 bridgehead atoms. The van der Waals surface area contributed by atoms with Crippen molar-refractivity contribution >= 4 is 5.91 Å². The standard InChI is InChI=1S/C18H23N3O2/c1-23-13-17(22)21-9-7-15(8-10-21)18-16(12-19-20-18)11-14-5-3-2-4-6-14/h2-6,12,15H,7-11,13H2,1H3,(H,19,20). The predicted octanol–water partition coefficient (Wildman–Crippen LogP) is 2.35. The van der Waals surface area contributed by atoms with E-state index in [9.17, 15) is 4.79 Å². The molecule has 2 heterocycles. The average molecular weight is 313 g/mol. The average Bonchev–Trinajstić information content (AvgIpc) is 3.04. The molecule has 0 saturated carbocycles. The molecule has 1 aliphatic heterocycles. The van der Waals surface area contributed by atoms with Crippen molar-refractivity contribution in [3.63, 3.8) is 0 Å². The molecule has 1 aromatic carbocycles. The molecular formula is C18H23N3O2. The number of H-pyrrole nitrogens is 1. The summed E-state index contributed by atoms with van der Waals surface area (Å²) in [5, 5.41) is 7.44. The molecule has 2 aromatic rings. The first-order valence-electron chi connectivity index (χ1n) is 8.10. The van der Waals surface area contributed by atoms with Crippen LogP contribution in [0.5, 0.6) is 0 Å². The molecule has 0 unspecified atom stereocenters. The molecule has 1 aromatic heterocycles. The first kappa shape index (κ1) is 15.7. The maximum atomic E-state index is 11.9. The van der Waals surface area contributed by atoms with Crippen LogP contribution in [0.4, 0.5) is 0 Å². The second-order valence-electron chi connectivity index (χ2n) is 6.06. The Morgan fingerprint density at radius 1 is 1.30 bits per heavy atom. The maximum Gasteiger partial charge on any atom is 0.248 e. The summed E-state index contributed by atoms with van der Waals surface area (Å²) in [7, 11) is 1.56. The monoisotopic (exact) mass is 313 g/mol. The second-order valence-corrected chi connectivity index (χ2v) is 6.06. The van der Waals surface area contributed by atoms with E-state index >= 15 is 0 Å². The van der Waals surface area contributed by atoms with Crippen LogP contribution in [0.2, 0.25) is 0 Å². The van der Waals surface area contributed by atoms with E-state index in [1.54, 1.807) is 7.11 Å². The minimum Gasteiger partial charge on any atom is -0.375 e. The molecule has 1 saturated heterocycles. The minimum atomic E-state index is 0.0834. The van der Waals surface area contributed by atoms with Gasteiger partial charge >= 0.3 is 0 Å². The zero-order valence-electron chi connectivity index (χ0n) is 13.5. The Bertz CT molecular complexity index is 631. The van der Waals surface area contributed by atoms with Gasteiger partial charge in [0.05, 0.1) is 6.20 Å². The number of nitrogens with zero attached hydrogens (tertiary/aromatic N) is 2. The topological polar surface area (TPSA) is 58.2 Å². The number of likely N-dealkylation sites (tertiary alicyclic amines) is 1. The smallest absolute Gasteiger partial charge is 0.248 e. The highest BCUT2D eigenvalue weighted by molar-refractivity contribution is 5.77. The third-order valence-electron chi connectivity index (χ3n) is 4.51. The van der Waals surface area contributed by atoms with Gasteiger partial charge < -0.3 is 9.64 Å². The van der Waals surface area contributed by atoms with Gasteiger partial charge in [-0.15, -0.1) is 0 Å². The van der Waals surface area contributed by atoms with Crippen LogP contribution in [0.25, 0.3) is 0 Å². The van der Waals surface area contributed by atoms with Gasteiger partial charge in [0.25, 0.3) is 0 Å². The van der Waals surface area contributed by atoms with E-state index in [0.717, 1.165) is 32.4 Å². The summed E-state index contributed by atoms with van der Waals surface area (Å²) in [6.45, 7) is 1.75. The van der Waals surface area contributed by atoms with Crippen LogP contribution in [0.15, 0.2) is 36.5 Å². The van der Waals surface area contributed by atoms with Crippen LogP contribution in [0, 0.1) is 0 Å². The number of amides is 1. The SMILES string of the molecule is COCC(=O)N1CCC(c2[nH]ncc2Cc2ccccc2)CC1. The molecule has 1 fully saturated rings. The van der Waals surface area contributed by atoms with Gasteiger partial charge in [-0.1, -0.05) is 30.3 Å². The van der Waals surface area contributed by atoms with Crippen molar-refractivity contribution in [2.24, 2.45) is 0 Å². The number of carbonyl (C=O) groups excluding carboxylic acids is 1. The van der Waals surface area contributed by atoms with Crippen LogP contribution in [-0.4, -0.2) is 47.8 Å². The van der Waals surface area contributed by atoms with Crippen molar-refractivity contribution < 1.29 is 9.53 Å². The summed E-state index contributed by atoms with van der Waals surface area (Å²) in [6, 6.07) is 10.4. The van der Waals surface area contributed by atoms with Gasteiger partial charge in [-0.2, -0.15) is 5.10 Å². The van der Waals surface area contributed by atoms with Crippen molar-refractivity contribution in [2.75, 3.05) is 26.8 Å². The van der Waals surface area contributed by atoms with Crippen molar-refractivity contribution in [3.8, 4) is 0 Å². The van der Waals surface area contributed by atoms with Crippen LogP contribution in [-0.2, 0) is 16.0 Å². The molecule has 1 aliphatic rings. The zero-order chi connectivity index (χ0) is 16.1. The summed E-state index contributed by atoms with van der Waals surface area (Å²) < 4.78 is 4.93. The van der Waals surface area contributed by atoms with Crippen molar-refractivity contribution in [2.45, 2.75) is 25.2 Å². The Hall–Kier alpha value is -2.14. The highest BCUT2D eigenvalue weighted by Gasteiger charge is 2.26. The Labute approximate surface area is 136 Å². The van der Waals surface area contributed by atoms with E-state index in [4.69, 9.17) is 4.74 Å². The Kier molecular flexibility index (Phi) is 5.08. The zero-order valence-corrected chi connectivity index (χ0v) is 13.5. The first-order valence-corrected chi connectivity index (χ1v) is 8.10. The van der Waals surface area contributed by atoms with Gasteiger partial charge in [0, 0.05) is 38.2 Å². The van der Waals surface area contributed by atoms with Gasteiger partial charge in [0.15, 0.2) is 0 Å². The van der Waals surface area contributed by atoms with Gasteiger partial charge in [-0.05, 0) is 24.0 Å². The Balaban J connectivity index is 1.63. The second kappa shape index (κ2) is 7.42. The molecule has 3 rings (SSSR count). The lowest BCUT2D eigenvalue weighted by Gasteiger charge is -2.31. The molecule has 0 radical (unpaired) electrons. The van der Waals surface area contributed by atoms with Crippen LogP contribution in [0.1, 0.15) is 35.6 Å². The normalized spacial score (nSPS) is 15.8. The highest BCUT2D eigenvalue weighted by atomic mass is 16.5. The number of aromatic nitrogens is 2. The summed E-state index contributed by atoms with van der Waals surface area (Å²) in [6.07, 6.45) is 4.78. The summed E-state index contributed by atoms with van der Waals surface area (Å²) in [5.74, 6) is 0.530. The fourth-order valence-corrected chi connectivity index (χ4v) is 3.26. The number of methoxy groups -OCH3 is 1. The number of ether oxygens (including phenoxy) is 1. The van der Waals surface area contributed by atoms with E-state index in [1.165, 1.54) is 16.8 Å². The number of piperidine rings is 1. The number of aromatic amines is 1. The lowest BCUT2D eigenvalue weighted by atomic mass is 9.90. The van der Waals surface area contributed by atoms with Crippen molar-refractivity contribution in [1.82, 2.24) is 15.1 Å². The van der Waals surface area contributed by atoms with Gasteiger partial charge in [-0.25, -0.2) is 0 Å². The largest absolute Gasteiger partial charge is 0.375 e. The summed E-state index contributed by atoms with van der Waals surface area (Å²) >= 11 is 0. The molecular weight excluding hydrogens is 290 g/mol. The predicted molar refractivity (Wildman–Crippen MR) is 88.3 cm³/mol. The number of carbonyl (C=O) groups is 1. The molecule has 5 nitrogen and oxygen atoms in total. The Morgan fingerprint density at radius 2 is 2.04 bits per heavy atom. The highest BCUT2D eigenvalue weighted by Crippen LogP contribution is 2.29. The number of benzene rings is 1. The fourth-order valence-electron chi connectivity index (χ4n) is 3.26. The number of rotatable bonds is 5. The molecule has 0 aliphatic carbocycles. The maximum absolute atomic E-state index is 11.9. The summed E-state index contributed by atoms with van der Waals surface area (Å²) in [4.78, 5) is 13.8. The molecule has 0 atom stereocenters. The van der Waals surface area contributed by atoms with Gasteiger partial charge in [0.2, 0.25) is 5.91 Å². The first-order chi connectivity index (χ1) is 11.3. The lowest BCUT2D eigenvalue weighted by molar-refractivity contribution is -0.136. The molecule has 0 spiro atoms. The van der Waals surface area contributed by atoms with Crippen molar-refractivity contribution in [1.29, 1.82) is 0 Å². The number of hydrogen-bond donors (Lipinski definition) is 1. The molecule has 1 amide bonds. The third kappa shape index (κ3) is 3.79. The summed E-state index contributed by atoms with van der Waals surface area (Å²) in [5.41, 5.74) is 3.79. The van der Waals surface area contributed by atoms with Crippen LogP contribution >= 0.6 is 0 Å². The number of hydrogen-bond acceptors (Lipinski definition) is 3. The van der Waals surface area contributed by atoms with Crippen LogP contribution < -0.4 is 0 Å². The van der Waals surface area contributed by atoms with E-state index in [2.05, 4.69) is 34.5 Å². The van der Waals surface area contributed by atoms with Crippen molar-refractivity contribution in [3.05, 3.63) is 53.3 Å². The molecule has 23 heavy (non-hydrogen) atoms. The molecule has 1 N–H and O–H groups in total. The van der Waals surface area contributed by atoms with E-state index in [0.29, 0.717) is 5.92 Å². The van der Waals surface area contributed by atoms with Gasteiger partial charge in [0.1, 0.15) is 6.61 Å². The Morgan fingerprint density at radius 3 is 2.74 bits per heavy atom. The van der Waals surface area contributed by atoms with Crippen LogP contribution in [0.3, 0.4) is 0 Å². The quantitative estimate of drug-likeness (QED) is 0.922. The van der Waals surface area contributed by atoms with E-state index < -0.39 is 0 Å². The third-order valence-corrected chi connectivity index (χ3v) is 4.51. The van der Waals surface area contributed by atoms with E-state index in [-0.39, 0.29) is 12.5 Å². The number of nitrogens with one attached hydrogen (secondary N) is 1. The van der Waals surface area contributed by atoms with Gasteiger partial charge in [-0.3, -0.25) is 9.89 Å². The lowest BCUT2D eigenvalue weighted by Crippen LogP contribution is -2.39. The molecule has 5 heteroatoms.